The maximum Gasteiger partial charge on any atom is 0.0973 e. The minimum Gasteiger partial charge on any atom is -0.246 e. The first-order valence-corrected chi connectivity index (χ1v) is 14.1. The standard InChI is InChI=1S/C39H25N3/c1-3-10-26(11-4-1)30-22-23-33(32-15-8-7-14-31(30)32)35-16-9-17-36(40-35)37-25-21-29-19-18-28-20-24-34(27-12-5-2-6-13-27)41-38(28)39(29)42-37/h1-25H. The molecule has 3 heteroatoms. The van der Waals surface area contributed by atoms with E-state index in [1.807, 2.05) is 24.3 Å². The lowest BCUT2D eigenvalue weighted by molar-refractivity contribution is 1.28. The predicted molar refractivity (Wildman–Crippen MR) is 174 cm³/mol. The van der Waals surface area contributed by atoms with Crippen molar-refractivity contribution in [1.29, 1.82) is 0 Å². The van der Waals surface area contributed by atoms with Crippen LogP contribution in [0.15, 0.2) is 152 Å². The molecule has 3 heterocycles. The first-order chi connectivity index (χ1) is 20.8. The lowest BCUT2D eigenvalue weighted by Gasteiger charge is -2.12. The highest BCUT2D eigenvalue weighted by Crippen LogP contribution is 2.36. The molecule has 0 unspecified atom stereocenters. The summed E-state index contributed by atoms with van der Waals surface area (Å²) >= 11 is 0. The van der Waals surface area contributed by atoms with Gasteiger partial charge < -0.3 is 0 Å². The molecule has 5 aromatic carbocycles. The van der Waals surface area contributed by atoms with Crippen LogP contribution in [0.2, 0.25) is 0 Å². The molecule has 3 aromatic heterocycles. The van der Waals surface area contributed by atoms with E-state index in [2.05, 4.69) is 127 Å². The second-order valence-electron chi connectivity index (χ2n) is 10.4. The fourth-order valence-electron chi connectivity index (χ4n) is 5.80. The Morgan fingerprint density at radius 2 is 0.786 bits per heavy atom. The van der Waals surface area contributed by atoms with E-state index in [0.717, 1.165) is 55.7 Å². The van der Waals surface area contributed by atoms with Gasteiger partial charge >= 0.3 is 0 Å². The Hall–Kier alpha value is -5.67. The number of nitrogens with zero attached hydrogens (tertiary/aromatic N) is 3. The highest BCUT2D eigenvalue weighted by Gasteiger charge is 2.13. The van der Waals surface area contributed by atoms with Crippen molar-refractivity contribution in [2.24, 2.45) is 0 Å². The van der Waals surface area contributed by atoms with Crippen LogP contribution in [0.3, 0.4) is 0 Å². The molecular weight excluding hydrogens is 510 g/mol. The van der Waals surface area contributed by atoms with Gasteiger partial charge in [-0.2, -0.15) is 0 Å². The van der Waals surface area contributed by atoms with Gasteiger partial charge in [0.1, 0.15) is 0 Å². The number of aromatic nitrogens is 3. The Labute approximate surface area is 243 Å². The number of fused-ring (bicyclic) bond motifs is 4. The molecule has 0 bridgehead atoms. The second-order valence-corrected chi connectivity index (χ2v) is 10.4. The summed E-state index contributed by atoms with van der Waals surface area (Å²) in [4.78, 5) is 15.3. The first-order valence-electron chi connectivity index (χ1n) is 14.1. The smallest absolute Gasteiger partial charge is 0.0973 e. The zero-order chi connectivity index (χ0) is 27.9. The number of hydrogen-bond donors (Lipinski definition) is 0. The van der Waals surface area contributed by atoms with Gasteiger partial charge in [0.25, 0.3) is 0 Å². The molecule has 0 spiro atoms. The molecule has 196 valence electrons. The number of rotatable bonds is 4. The summed E-state index contributed by atoms with van der Waals surface area (Å²) < 4.78 is 0. The van der Waals surface area contributed by atoms with Crippen LogP contribution in [0.1, 0.15) is 0 Å². The highest BCUT2D eigenvalue weighted by atomic mass is 14.8. The van der Waals surface area contributed by atoms with Crippen molar-refractivity contribution in [3.05, 3.63) is 152 Å². The summed E-state index contributed by atoms with van der Waals surface area (Å²) in [6.07, 6.45) is 0. The molecule has 0 amide bonds. The van der Waals surface area contributed by atoms with Gasteiger partial charge in [0.2, 0.25) is 0 Å². The Balaban J connectivity index is 1.25. The summed E-state index contributed by atoms with van der Waals surface area (Å²) in [5.74, 6) is 0. The molecule has 0 radical (unpaired) electrons. The minimum absolute atomic E-state index is 0.828. The van der Waals surface area contributed by atoms with Gasteiger partial charge in [-0.05, 0) is 46.2 Å². The molecule has 0 aliphatic rings. The second kappa shape index (κ2) is 10.1. The topological polar surface area (TPSA) is 38.7 Å². The van der Waals surface area contributed by atoms with E-state index >= 15 is 0 Å². The molecule has 0 atom stereocenters. The van der Waals surface area contributed by atoms with Crippen molar-refractivity contribution >= 4 is 32.6 Å². The summed E-state index contributed by atoms with van der Waals surface area (Å²) in [5, 5.41) is 4.52. The Kier molecular flexibility index (Phi) is 5.79. The van der Waals surface area contributed by atoms with Crippen LogP contribution < -0.4 is 0 Å². The van der Waals surface area contributed by atoms with Crippen LogP contribution in [0.25, 0.3) is 77.6 Å². The summed E-state index contributed by atoms with van der Waals surface area (Å²) in [5.41, 5.74) is 9.93. The molecule has 0 N–H and O–H groups in total. The van der Waals surface area contributed by atoms with E-state index < -0.39 is 0 Å². The zero-order valence-electron chi connectivity index (χ0n) is 22.8. The highest BCUT2D eigenvalue weighted by molar-refractivity contribution is 6.05. The molecule has 3 nitrogen and oxygen atoms in total. The normalized spacial score (nSPS) is 11.3. The Morgan fingerprint density at radius 1 is 0.286 bits per heavy atom. The van der Waals surface area contributed by atoms with Crippen molar-refractivity contribution in [1.82, 2.24) is 15.0 Å². The summed E-state index contributed by atoms with van der Waals surface area (Å²) in [6.45, 7) is 0. The third-order valence-corrected chi connectivity index (χ3v) is 7.89. The monoisotopic (exact) mass is 535 g/mol. The van der Waals surface area contributed by atoms with E-state index in [-0.39, 0.29) is 0 Å². The van der Waals surface area contributed by atoms with E-state index in [4.69, 9.17) is 15.0 Å². The van der Waals surface area contributed by atoms with E-state index in [0.29, 0.717) is 0 Å². The molecule has 0 fully saturated rings. The van der Waals surface area contributed by atoms with Gasteiger partial charge in [-0.25, -0.2) is 15.0 Å². The molecule has 0 aliphatic heterocycles. The van der Waals surface area contributed by atoms with Crippen molar-refractivity contribution in [2.75, 3.05) is 0 Å². The van der Waals surface area contributed by atoms with E-state index in [9.17, 15) is 0 Å². The SMILES string of the molecule is c1ccc(-c2ccc3ccc4ccc(-c5cccc(-c6ccc(-c7ccccc7)c7ccccc67)n5)nc4c3n2)cc1. The third-order valence-electron chi connectivity index (χ3n) is 7.89. The Bertz CT molecular complexity index is 2240. The number of hydrogen-bond acceptors (Lipinski definition) is 3. The predicted octanol–water partition coefficient (Wildman–Crippen LogP) is 10.00. The largest absolute Gasteiger partial charge is 0.246 e. The van der Waals surface area contributed by atoms with Crippen molar-refractivity contribution in [2.45, 2.75) is 0 Å². The van der Waals surface area contributed by atoms with Crippen LogP contribution in [0.5, 0.6) is 0 Å². The van der Waals surface area contributed by atoms with Crippen LogP contribution in [-0.2, 0) is 0 Å². The Morgan fingerprint density at radius 3 is 1.50 bits per heavy atom. The van der Waals surface area contributed by atoms with Crippen LogP contribution in [0, 0.1) is 0 Å². The average molecular weight is 536 g/mol. The number of benzene rings is 5. The van der Waals surface area contributed by atoms with Crippen LogP contribution in [0.4, 0.5) is 0 Å². The molecule has 42 heavy (non-hydrogen) atoms. The molecule has 8 aromatic rings. The van der Waals surface area contributed by atoms with Crippen LogP contribution in [-0.4, -0.2) is 15.0 Å². The van der Waals surface area contributed by atoms with E-state index in [1.54, 1.807) is 0 Å². The van der Waals surface area contributed by atoms with Crippen molar-refractivity contribution in [3.63, 3.8) is 0 Å². The van der Waals surface area contributed by atoms with Gasteiger partial charge in [-0.1, -0.05) is 127 Å². The summed E-state index contributed by atoms with van der Waals surface area (Å²) in [6, 6.07) is 52.6. The maximum atomic E-state index is 5.13. The van der Waals surface area contributed by atoms with E-state index in [1.165, 1.54) is 21.9 Å². The fourth-order valence-corrected chi connectivity index (χ4v) is 5.80. The lowest BCUT2D eigenvalue weighted by Crippen LogP contribution is -1.94. The molecular formula is C39H25N3. The van der Waals surface area contributed by atoms with Gasteiger partial charge in [-0.15, -0.1) is 0 Å². The molecule has 8 rings (SSSR count). The summed E-state index contributed by atoms with van der Waals surface area (Å²) in [7, 11) is 0. The minimum atomic E-state index is 0.828. The quantitative estimate of drug-likeness (QED) is 0.211. The van der Waals surface area contributed by atoms with Gasteiger partial charge in [0, 0.05) is 21.9 Å². The van der Waals surface area contributed by atoms with Gasteiger partial charge in [0.15, 0.2) is 0 Å². The van der Waals surface area contributed by atoms with Crippen molar-refractivity contribution < 1.29 is 0 Å². The van der Waals surface area contributed by atoms with Gasteiger partial charge in [-0.3, -0.25) is 0 Å². The van der Waals surface area contributed by atoms with Crippen LogP contribution >= 0.6 is 0 Å². The molecule has 0 aliphatic carbocycles. The van der Waals surface area contributed by atoms with Gasteiger partial charge in [0.05, 0.1) is 33.8 Å². The molecule has 0 saturated carbocycles. The first kappa shape index (κ1) is 24.2. The molecule has 0 saturated heterocycles. The fraction of sp³-hybridized carbons (Fsp3) is 0. The zero-order valence-corrected chi connectivity index (χ0v) is 22.8. The average Bonchev–Trinajstić information content (AvgIpc) is 3.08. The lowest BCUT2D eigenvalue weighted by atomic mass is 9.93. The third kappa shape index (κ3) is 4.20. The van der Waals surface area contributed by atoms with Crippen molar-refractivity contribution in [3.8, 4) is 45.0 Å². The maximum absolute atomic E-state index is 5.13. The number of pyridine rings is 3.